The first-order chi connectivity index (χ1) is 19.1. The van der Waals surface area contributed by atoms with Crippen LogP contribution in [0.25, 0.3) is 0 Å². The fourth-order valence-electron chi connectivity index (χ4n) is 4.25. The number of nitrogens with zero attached hydrogens (tertiary/aromatic N) is 2. The molecule has 40 heavy (non-hydrogen) atoms. The maximum absolute atomic E-state index is 14.0. The van der Waals surface area contributed by atoms with E-state index in [1.165, 1.54) is 24.1 Å². The molecule has 0 heterocycles. The van der Waals surface area contributed by atoms with Crippen LogP contribution in [-0.4, -0.2) is 58.5 Å². The van der Waals surface area contributed by atoms with E-state index in [0.717, 1.165) is 15.4 Å². The van der Waals surface area contributed by atoms with Crippen LogP contribution in [0.15, 0.2) is 77.7 Å². The minimum absolute atomic E-state index is 0.0131. The summed E-state index contributed by atoms with van der Waals surface area (Å²) in [6, 6.07) is 19.3. The Bertz CT molecular complexity index is 1370. The Morgan fingerprint density at radius 2 is 1.40 bits per heavy atom. The van der Waals surface area contributed by atoms with E-state index in [-0.39, 0.29) is 17.3 Å². The van der Waals surface area contributed by atoms with Crippen LogP contribution in [0.4, 0.5) is 5.69 Å². The summed E-state index contributed by atoms with van der Waals surface area (Å²) >= 11 is 0. The maximum Gasteiger partial charge on any atom is 0.264 e. The molecule has 2 amide bonds. The van der Waals surface area contributed by atoms with Crippen LogP contribution in [0, 0.1) is 6.92 Å². The Labute approximate surface area is 236 Å². The van der Waals surface area contributed by atoms with Gasteiger partial charge < -0.3 is 19.7 Å². The lowest BCUT2D eigenvalue weighted by atomic mass is 10.1. The van der Waals surface area contributed by atoms with Gasteiger partial charge in [0.15, 0.2) is 0 Å². The van der Waals surface area contributed by atoms with E-state index < -0.39 is 28.5 Å². The Hall–Kier alpha value is -4.05. The number of sulfonamides is 1. The van der Waals surface area contributed by atoms with Gasteiger partial charge in [-0.25, -0.2) is 8.42 Å². The van der Waals surface area contributed by atoms with Crippen LogP contribution >= 0.6 is 0 Å². The van der Waals surface area contributed by atoms with E-state index in [1.807, 2.05) is 26.0 Å². The van der Waals surface area contributed by atoms with Crippen molar-refractivity contribution in [3.8, 4) is 11.5 Å². The van der Waals surface area contributed by atoms with Crippen LogP contribution < -0.4 is 19.1 Å². The second kappa shape index (κ2) is 13.8. The summed E-state index contributed by atoms with van der Waals surface area (Å²) in [5.41, 5.74) is 2.06. The third-order valence-corrected chi connectivity index (χ3v) is 8.29. The average Bonchev–Trinajstić information content (AvgIpc) is 2.96. The summed E-state index contributed by atoms with van der Waals surface area (Å²) in [4.78, 5) is 28.5. The van der Waals surface area contributed by atoms with Gasteiger partial charge in [0.2, 0.25) is 11.8 Å². The smallest absolute Gasteiger partial charge is 0.264 e. The van der Waals surface area contributed by atoms with Crippen LogP contribution in [0.1, 0.15) is 31.4 Å². The lowest BCUT2D eigenvalue weighted by Crippen LogP contribution is -2.52. The molecule has 0 spiro atoms. The number of anilines is 1. The molecule has 0 aromatic heterocycles. The first kappa shape index (κ1) is 30.5. The second-order valence-electron chi connectivity index (χ2n) is 9.21. The Morgan fingerprint density at radius 1 is 0.850 bits per heavy atom. The molecule has 9 nitrogen and oxygen atoms in total. The van der Waals surface area contributed by atoms with Gasteiger partial charge in [0.25, 0.3) is 10.0 Å². The summed E-state index contributed by atoms with van der Waals surface area (Å²) in [6.07, 6.45) is 0.351. The number of nitrogens with one attached hydrogen (secondary N) is 1. The molecule has 0 aliphatic rings. The van der Waals surface area contributed by atoms with Crippen molar-refractivity contribution in [2.24, 2.45) is 0 Å². The highest BCUT2D eigenvalue weighted by Gasteiger charge is 2.33. The molecule has 10 heteroatoms. The maximum atomic E-state index is 14.0. The SMILES string of the molecule is CCNC(=O)C(CC)N(Cc1ccc(OC)cc1)C(=O)CN(c1ccc(C)cc1)S(=O)(=O)c1ccc(OC)cc1. The van der Waals surface area contributed by atoms with Gasteiger partial charge >= 0.3 is 0 Å². The Kier molecular flexibility index (Phi) is 10.6. The minimum Gasteiger partial charge on any atom is -0.497 e. The van der Waals surface area contributed by atoms with Gasteiger partial charge in [-0.15, -0.1) is 0 Å². The highest BCUT2D eigenvalue weighted by molar-refractivity contribution is 7.92. The fraction of sp³-hybridized carbons (Fsp3) is 0.333. The zero-order chi connectivity index (χ0) is 29.3. The number of rotatable bonds is 13. The molecule has 0 radical (unpaired) electrons. The molecule has 3 aromatic rings. The molecule has 1 N–H and O–H groups in total. The number of carbonyl (C=O) groups is 2. The largest absolute Gasteiger partial charge is 0.497 e. The van der Waals surface area contributed by atoms with E-state index in [0.29, 0.717) is 30.2 Å². The zero-order valence-corrected chi connectivity index (χ0v) is 24.4. The normalized spacial score (nSPS) is 11.8. The zero-order valence-electron chi connectivity index (χ0n) is 23.6. The first-order valence-corrected chi connectivity index (χ1v) is 14.5. The summed E-state index contributed by atoms with van der Waals surface area (Å²) in [6.45, 7) is 5.54. The van der Waals surface area contributed by atoms with Gasteiger partial charge in [-0.2, -0.15) is 0 Å². The number of benzene rings is 3. The van der Waals surface area contributed by atoms with Crippen LogP contribution in [0.5, 0.6) is 11.5 Å². The summed E-state index contributed by atoms with van der Waals surface area (Å²) in [5, 5.41) is 2.80. The van der Waals surface area contributed by atoms with Crippen molar-refractivity contribution in [1.29, 1.82) is 0 Å². The topological polar surface area (TPSA) is 105 Å². The van der Waals surface area contributed by atoms with E-state index in [1.54, 1.807) is 62.6 Å². The lowest BCUT2D eigenvalue weighted by molar-refractivity contribution is -0.140. The minimum atomic E-state index is -4.15. The molecule has 3 aromatic carbocycles. The highest BCUT2D eigenvalue weighted by atomic mass is 32.2. The van der Waals surface area contributed by atoms with Gasteiger partial charge in [0.1, 0.15) is 24.1 Å². The number of likely N-dealkylation sites (N-methyl/N-ethyl adjacent to an activating group) is 1. The van der Waals surface area contributed by atoms with Crippen molar-refractivity contribution >= 4 is 27.5 Å². The molecule has 3 rings (SSSR count). The van der Waals surface area contributed by atoms with Gasteiger partial charge in [-0.05, 0) is 74.4 Å². The van der Waals surface area contributed by atoms with Gasteiger partial charge in [0, 0.05) is 13.1 Å². The van der Waals surface area contributed by atoms with E-state index >= 15 is 0 Å². The van der Waals surface area contributed by atoms with E-state index in [2.05, 4.69) is 5.32 Å². The molecule has 0 fully saturated rings. The highest BCUT2D eigenvalue weighted by Crippen LogP contribution is 2.26. The predicted octanol–water partition coefficient (Wildman–Crippen LogP) is 4.15. The number of hydrogen-bond acceptors (Lipinski definition) is 6. The molecular formula is C30H37N3O6S. The summed E-state index contributed by atoms with van der Waals surface area (Å²) in [7, 11) is -1.09. The third kappa shape index (κ3) is 7.32. The van der Waals surface area contributed by atoms with Crippen molar-refractivity contribution in [1.82, 2.24) is 10.2 Å². The molecule has 0 saturated carbocycles. The molecule has 0 aliphatic carbocycles. The van der Waals surface area contributed by atoms with Crippen LogP contribution in [-0.2, 0) is 26.2 Å². The number of hydrogen-bond donors (Lipinski definition) is 1. The number of methoxy groups -OCH3 is 2. The Balaban J connectivity index is 2.04. The van der Waals surface area contributed by atoms with Crippen molar-refractivity contribution in [2.45, 2.75) is 44.7 Å². The summed E-state index contributed by atoms with van der Waals surface area (Å²) in [5.74, 6) is 0.363. The number of amides is 2. The monoisotopic (exact) mass is 567 g/mol. The van der Waals surface area contributed by atoms with E-state index in [9.17, 15) is 18.0 Å². The van der Waals surface area contributed by atoms with Crippen LogP contribution in [0.3, 0.4) is 0 Å². The van der Waals surface area contributed by atoms with Gasteiger partial charge in [-0.3, -0.25) is 13.9 Å². The molecule has 1 atom stereocenters. The van der Waals surface area contributed by atoms with Crippen molar-refractivity contribution in [3.63, 3.8) is 0 Å². The predicted molar refractivity (Wildman–Crippen MR) is 155 cm³/mol. The number of ether oxygens (including phenoxy) is 2. The quantitative estimate of drug-likeness (QED) is 0.333. The average molecular weight is 568 g/mol. The molecule has 1 unspecified atom stereocenters. The van der Waals surface area contributed by atoms with Gasteiger partial charge in [-0.1, -0.05) is 36.8 Å². The number of carbonyl (C=O) groups excluding carboxylic acids is 2. The van der Waals surface area contributed by atoms with Crippen molar-refractivity contribution in [2.75, 3.05) is 31.6 Å². The summed E-state index contributed by atoms with van der Waals surface area (Å²) < 4.78 is 39.3. The first-order valence-electron chi connectivity index (χ1n) is 13.1. The second-order valence-corrected chi connectivity index (χ2v) is 11.1. The molecule has 214 valence electrons. The van der Waals surface area contributed by atoms with Crippen molar-refractivity contribution in [3.05, 3.63) is 83.9 Å². The lowest BCUT2D eigenvalue weighted by Gasteiger charge is -2.33. The standard InChI is InChI=1S/C30H37N3O6S/c1-6-28(30(35)31-7-2)32(20-23-10-14-25(38-4)15-11-23)29(34)21-33(24-12-8-22(3)9-13-24)40(36,37)27-18-16-26(39-5)17-19-27/h8-19,28H,6-7,20-21H2,1-5H3,(H,31,35). The number of aryl methyl sites for hydroxylation is 1. The fourth-order valence-corrected chi connectivity index (χ4v) is 5.67. The van der Waals surface area contributed by atoms with E-state index in [4.69, 9.17) is 9.47 Å². The van der Waals surface area contributed by atoms with Crippen molar-refractivity contribution < 1.29 is 27.5 Å². The molecule has 0 aliphatic heterocycles. The molecule has 0 bridgehead atoms. The third-order valence-electron chi connectivity index (χ3n) is 6.50. The van der Waals surface area contributed by atoms with Crippen LogP contribution in [0.2, 0.25) is 0 Å². The van der Waals surface area contributed by atoms with Gasteiger partial charge in [0.05, 0.1) is 24.8 Å². The molecular weight excluding hydrogens is 530 g/mol. The Morgan fingerprint density at radius 3 is 1.90 bits per heavy atom. The molecule has 0 saturated heterocycles.